The van der Waals surface area contributed by atoms with E-state index in [1.807, 2.05) is 6.92 Å². The molecule has 0 bridgehead atoms. The third-order valence-electron chi connectivity index (χ3n) is 2.14. The van der Waals surface area contributed by atoms with E-state index in [4.69, 9.17) is 22.7 Å². The van der Waals surface area contributed by atoms with Gasteiger partial charge in [-0.2, -0.15) is 0 Å². The van der Waals surface area contributed by atoms with Crippen LogP contribution >= 0.6 is 12.2 Å². The van der Waals surface area contributed by atoms with Crippen molar-refractivity contribution >= 4 is 17.2 Å². The zero-order valence-corrected chi connectivity index (χ0v) is 10.4. The average molecular weight is 218 g/mol. The number of thiocarbonyl (C=S) groups is 1. The first kappa shape index (κ1) is 13.8. The minimum absolute atomic E-state index is 0.155. The SMILES string of the molecule is COCCN(CC(C)C)C(C)C(N)=S. The highest BCUT2D eigenvalue weighted by atomic mass is 32.1. The fraction of sp³-hybridized carbons (Fsp3) is 0.900. The lowest BCUT2D eigenvalue weighted by Gasteiger charge is -2.29. The molecule has 1 atom stereocenters. The highest BCUT2D eigenvalue weighted by Crippen LogP contribution is 2.04. The van der Waals surface area contributed by atoms with Crippen LogP contribution in [0.15, 0.2) is 0 Å². The fourth-order valence-electron chi connectivity index (χ4n) is 1.30. The van der Waals surface area contributed by atoms with Gasteiger partial charge in [0.2, 0.25) is 0 Å². The second-order valence-corrected chi connectivity index (χ2v) is 4.43. The molecule has 0 saturated carbocycles. The number of nitrogens with two attached hydrogens (primary N) is 1. The van der Waals surface area contributed by atoms with E-state index in [2.05, 4.69) is 18.7 Å². The molecule has 3 nitrogen and oxygen atoms in total. The first-order valence-electron chi connectivity index (χ1n) is 5.01. The van der Waals surface area contributed by atoms with Gasteiger partial charge in [-0.1, -0.05) is 26.1 Å². The fourth-order valence-corrected chi connectivity index (χ4v) is 1.45. The molecule has 1 unspecified atom stereocenters. The lowest BCUT2D eigenvalue weighted by Crippen LogP contribution is -2.44. The second kappa shape index (κ2) is 7.15. The summed E-state index contributed by atoms with van der Waals surface area (Å²) in [7, 11) is 1.71. The van der Waals surface area contributed by atoms with Crippen molar-refractivity contribution in [3.63, 3.8) is 0 Å². The van der Waals surface area contributed by atoms with Gasteiger partial charge < -0.3 is 10.5 Å². The van der Waals surface area contributed by atoms with Crippen molar-refractivity contribution in [3.05, 3.63) is 0 Å². The Morgan fingerprint density at radius 1 is 1.43 bits per heavy atom. The second-order valence-electron chi connectivity index (χ2n) is 3.96. The normalized spacial score (nSPS) is 13.6. The van der Waals surface area contributed by atoms with Crippen molar-refractivity contribution in [1.29, 1.82) is 0 Å². The van der Waals surface area contributed by atoms with Gasteiger partial charge in [-0.05, 0) is 12.8 Å². The monoisotopic (exact) mass is 218 g/mol. The molecule has 0 aromatic carbocycles. The zero-order chi connectivity index (χ0) is 11.1. The van der Waals surface area contributed by atoms with Crippen molar-refractivity contribution in [1.82, 2.24) is 4.90 Å². The molecule has 84 valence electrons. The van der Waals surface area contributed by atoms with Crippen molar-refractivity contribution in [2.75, 3.05) is 26.8 Å². The Balaban J connectivity index is 4.15. The Hall–Kier alpha value is -0.190. The summed E-state index contributed by atoms with van der Waals surface area (Å²) in [4.78, 5) is 2.82. The van der Waals surface area contributed by atoms with Gasteiger partial charge in [0.25, 0.3) is 0 Å². The van der Waals surface area contributed by atoms with E-state index >= 15 is 0 Å². The zero-order valence-electron chi connectivity index (χ0n) is 9.62. The van der Waals surface area contributed by atoms with Gasteiger partial charge in [0, 0.05) is 20.2 Å². The van der Waals surface area contributed by atoms with E-state index in [1.54, 1.807) is 7.11 Å². The van der Waals surface area contributed by atoms with Gasteiger partial charge in [0.15, 0.2) is 0 Å². The third kappa shape index (κ3) is 5.52. The van der Waals surface area contributed by atoms with Gasteiger partial charge in [-0.25, -0.2) is 0 Å². The quantitative estimate of drug-likeness (QED) is 0.653. The van der Waals surface area contributed by atoms with Gasteiger partial charge in [0.1, 0.15) is 0 Å². The van der Waals surface area contributed by atoms with Crippen LogP contribution in [0.1, 0.15) is 20.8 Å². The molecule has 0 fully saturated rings. The minimum Gasteiger partial charge on any atom is -0.392 e. The lowest BCUT2D eigenvalue weighted by atomic mass is 10.1. The number of rotatable bonds is 7. The summed E-state index contributed by atoms with van der Waals surface area (Å²) in [5.41, 5.74) is 5.63. The number of hydrogen-bond acceptors (Lipinski definition) is 3. The lowest BCUT2D eigenvalue weighted by molar-refractivity contribution is 0.132. The molecule has 0 spiro atoms. The van der Waals surface area contributed by atoms with Gasteiger partial charge in [-0.15, -0.1) is 0 Å². The molecule has 0 aromatic rings. The molecule has 14 heavy (non-hydrogen) atoms. The Kier molecular flexibility index (Phi) is 7.05. The largest absolute Gasteiger partial charge is 0.392 e. The Morgan fingerprint density at radius 3 is 2.36 bits per heavy atom. The van der Waals surface area contributed by atoms with E-state index in [1.165, 1.54) is 0 Å². The summed E-state index contributed by atoms with van der Waals surface area (Å²) in [6.07, 6.45) is 0. The summed E-state index contributed by atoms with van der Waals surface area (Å²) >= 11 is 4.99. The van der Waals surface area contributed by atoms with Crippen LogP contribution in [0.25, 0.3) is 0 Å². The molecule has 0 amide bonds. The molecule has 0 aliphatic rings. The van der Waals surface area contributed by atoms with Crippen LogP contribution in [-0.4, -0.2) is 42.7 Å². The smallest absolute Gasteiger partial charge is 0.0899 e. The summed E-state index contributed by atoms with van der Waals surface area (Å²) in [5.74, 6) is 0.614. The number of hydrogen-bond donors (Lipinski definition) is 1. The van der Waals surface area contributed by atoms with E-state index in [9.17, 15) is 0 Å². The average Bonchev–Trinajstić information content (AvgIpc) is 2.10. The van der Waals surface area contributed by atoms with Gasteiger partial charge in [-0.3, -0.25) is 4.90 Å². The predicted octanol–water partition coefficient (Wildman–Crippen LogP) is 1.27. The molecule has 0 aromatic heterocycles. The van der Waals surface area contributed by atoms with Crippen LogP contribution in [0.5, 0.6) is 0 Å². The standard InChI is InChI=1S/C10H22N2OS/c1-8(2)7-12(5-6-13-4)9(3)10(11)14/h8-9H,5-7H2,1-4H3,(H2,11,14). The van der Waals surface area contributed by atoms with Crippen molar-refractivity contribution in [2.24, 2.45) is 11.7 Å². The maximum atomic E-state index is 5.63. The van der Waals surface area contributed by atoms with Crippen molar-refractivity contribution in [2.45, 2.75) is 26.8 Å². The Bertz CT molecular complexity index is 174. The van der Waals surface area contributed by atoms with Gasteiger partial charge in [0.05, 0.1) is 17.6 Å². The molecule has 0 heterocycles. The van der Waals surface area contributed by atoms with E-state index in [-0.39, 0.29) is 6.04 Å². The number of ether oxygens (including phenoxy) is 1. The first-order chi connectivity index (χ1) is 6.49. The number of methoxy groups -OCH3 is 1. The third-order valence-corrected chi connectivity index (χ3v) is 2.48. The molecular weight excluding hydrogens is 196 g/mol. The molecule has 0 aliphatic heterocycles. The Labute approximate surface area is 92.6 Å². The topological polar surface area (TPSA) is 38.5 Å². The summed E-state index contributed by atoms with van der Waals surface area (Å²) in [6, 6.07) is 0.155. The Morgan fingerprint density at radius 2 is 2.00 bits per heavy atom. The van der Waals surface area contributed by atoms with E-state index < -0.39 is 0 Å². The predicted molar refractivity (Wildman–Crippen MR) is 64.5 cm³/mol. The summed E-state index contributed by atoms with van der Waals surface area (Å²) < 4.78 is 5.06. The van der Waals surface area contributed by atoms with Crippen molar-refractivity contribution < 1.29 is 4.74 Å². The number of nitrogens with zero attached hydrogens (tertiary/aromatic N) is 1. The van der Waals surface area contributed by atoms with E-state index in [0.717, 1.165) is 19.7 Å². The molecule has 0 aliphatic carbocycles. The van der Waals surface area contributed by atoms with Crippen molar-refractivity contribution in [3.8, 4) is 0 Å². The maximum Gasteiger partial charge on any atom is 0.0899 e. The minimum atomic E-state index is 0.155. The first-order valence-corrected chi connectivity index (χ1v) is 5.42. The van der Waals surface area contributed by atoms with Crippen LogP contribution in [0.3, 0.4) is 0 Å². The van der Waals surface area contributed by atoms with Crippen LogP contribution in [0.4, 0.5) is 0 Å². The highest BCUT2D eigenvalue weighted by Gasteiger charge is 2.16. The summed E-state index contributed by atoms with van der Waals surface area (Å²) in [6.45, 7) is 9.02. The molecule has 0 radical (unpaired) electrons. The molecule has 4 heteroatoms. The molecule has 0 saturated heterocycles. The molecular formula is C10H22N2OS. The van der Waals surface area contributed by atoms with Crippen LogP contribution in [0, 0.1) is 5.92 Å². The summed E-state index contributed by atoms with van der Waals surface area (Å²) in [5, 5.41) is 0. The van der Waals surface area contributed by atoms with Gasteiger partial charge >= 0.3 is 0 Å². The van der Waals surface area contributed by atoms with Crippen LogP contribution in [-0.2, 0) is 4.74 Å². The highest BCUT2D eigenvalue weighted by molar-refractivity contribution is 7.80. The van der Waals surface area contributed by atoms with Crippen LogP contribution < -0.4 is 5.73 Å². The molecule has 2 N–H and O–H groups in total. The van der Waals surface area contributed by atoms with Crippen LogP contribution in [0.2, 0.25) is 0 Å². The maximum absolute atomic E-state index is 5.63. The van der Waals surface area contributed by atoms with E-state index in [0.29, 0.717) is 10.9 Å². The molecule has 0 rings (SSSR count).